The SMILES string of the molecule is O=C(O)C(c1ccccc1)N1C(=O)C(=Cc2ccccc2Cl)SC1=S. The van der Waals surface area contributed by atoms with Gasteiger partial charge < -0.3 is 5.11 Å². The molecule has 1 aliphatic rings. The highest BCUT2D eigenvalue weighted by Gasteiger charge is 2.41. The Balaban J connectivity index is 1.98. The maximum absolute atomic E-state index is 12.8. The second-order valence-corrected chi connectivity index (χ2v) is 7.31. The van der Waals surface area contributed by atoms with E-state index >= 15 is 0 Å². The molecule has 1 unspecified atom stereocenters. The zero-order valence-corrected chi connectivity index (χ0v) is 15.1. The first kappa shape index (κ1) is 17.7. The van der Waals surface area contributed by atoms with Crippen molar-refractivity contribution in [3.8, 4) is 0 Å². The van der Waals surface area contributed by atoms with Crippen molar-refractivity contribution >= 4 is 57.9 Å². The lowest BCUT2D eigenvalue weighted by atomic mass is 10.1. The number of halogens is 1. The molecule has 0 aliphatic carbocycles. The van der Waals surface area contributed by atoms with Crippen molar-refractivity contribution in [3.63, 3.8) is 0 Å². The van der Waals surface area contributed by atoms with Gasteiger partial charge >= 0.3 is 5.97 Å². The predicted molar refractivity (Wildman–Crippen MR) is 103 cm³/mol. The molecule has 1 fully saturated rings. The molecule has 126 valence electrons. The van der Waals surface area contributed by atoms with Crippen LogP contribution in [0.2, 0.25) is 5.02 Å². The van der Waals surface area contributed by atoms with Crippen LogP contribution in [0.1, 0.15) is 17.2 Å². The molecule has 2 aromatic carbocycles. The Labute approximate surface area is 159 Å². The third kappa shape index (κ3) is 3.61. The van der Waals surface area contributed by atoms with Gasteiger partial charge in [-0.1, -0.05) is 84.1 Å². The van der Waals surface area contributed by atoms with Crippen molar-refractivity contribution in [2.75, 3.05) is 0 Å². The van der Waals surface area contributed by atoms with Crippen molar-refractivity contribution in [2.24, 2.45) is 0 Å². The minimum absolute atomic E-state index is 0.208. The average molecular weight is 390 g/mol. The minimum Gasteiger partial charge on any atom is -0.479 e. The average Bonchev–Trinajstić information content (AvgIpc) is 2.86. The van der Waals surface area contributed by atoms with Gasteiger partial charge in [0.15, 0.2) is 6.04 Å². The number of hydrogen-bond donors (Lipinski definition) is 1. The second-order valence-electron chi connectivity index (χ2n) is 5.22. The summed E-state index contributed by atoms with van der Waals surface area (Å²) in [5.74, 6) is -1.58. The summed E-state index contributed by atoms with van der Waals surface area (Å²) in [4.78, 5) is 26.1. The fourth-order valence-electron chi connectivity index (χ4n) is 2.47. The zero-order valence-electron chi connectivity index (χ0n) is 12.8. The fourth-order valence-corrected chi connectivity index (χ4v) is 3.97. The third-order valence-corrected chi connectivity index (χ3v) is 5.30. The normalized spacial score (nSPS) is 17.2. The van der Waals surface area contributed by atoms with E-state index in [0.29, 0.717) is 21.1 Å². The number of carbonyl (C=O) groups is 2. The predicted octanol–water partition coefficient (Wildman–Crippen LogP) is 4.37. The first-order valence-electron chi connectivity index (χ1n) is 7.28. The van der Waals surface area contributed by atoms with Crippen LogP contribution in [0, 0.1) is 0 Å². The molecule has 4 nitrogen and oxygen atoms in total. The topological polar surface area (TPSA) is 57.6 Å². The van der Waals surface area contributed by atoms with E-state index in [1.54, 1.807) is 54.6 Å². The second kappa shape index (κ2) is 7.39. The lowest BCUT2D eigenvalue weighted by Crippen LogP contribution is -2.37. The van der Waals surface area contributed by atoms with Crippen LogP contribution >= 0.6 is 35.6 Å². The van der Waals surface area contributed by atoms with E-state index in [9.17, 15) is 14.7 Å². The molecule has 25 heavy (non-hydrogen) atoms. The first-order valence-corrected chi connectivity index (χ1v) is 8.88. The number of carboxylic acids is 1. The number of benzene rings is 2. The summed E-state index contributed by atoms with van der Waals surface area (Å²) >= 11 is 12.5. The lowest BCUT2D eigenvalue weighted by Gasteiger charge is -2.23. The summed E-state index contributed by atoms with van der Waals surface area (Å²) in [6.07, 6.45) is 1.63. The highest BCUT2D eigenvalue weighted by atomic mass is 35.5. The van der Waals surface area contributed by atoms with E-state index in [1.807, 2.05) is 6.07 Å². The summed E-state index contributed by atoms with van der Waals surface area (Å²) in [6, 6.07) is 14.5. The summed E-state index contributed by atoms with van der Waals surface area (Å²) < 4.78 is 0.208. The van der Waals surface area contributed by atoms with Gasteiger partial charge in [-0.2, -0.15) is 0 Å². The largest absolute Gasteiger partial charge is 0.479 e. The first-order chi connectivity index (χ1) is 12.0. The van der Waals surface area contributed by atoms with E-state index in [-0.39, 0.29) is 4.32 Å². The molecule has 2 aromatic rings. The maximum atomic E-state index is 12.8. The number of hydrogen-bond acceptors (Lipinski definition) is 4. The van der Waals surface area contributed by atoms with Gasteiger partial charge in [0.25, 0.3) is 5.91 Å². The van der Waals surface area contributed by atoms with E-state index in [4.69, 9.17) is 23.8 Å². The quantitative estimate of drug-likeness (QED) is 0.621. The molecule has 7 heteroatoms. The van der Waals surface area contributed by atoms with Crippen molar-refractivity contribution < 1.29 is 14.7 Å². The molecular weight excluding hydrogens is 378 g/mol. The number of aliphatic carboxylic acids is 1. The van der Waals surface area contributed by atoms with Crippen LogP contribution in [0.3, 0.4) is 0 Å². The van der Waals surface area contributed by atoms with Crippen LogP contribution in [0.15, 0.2) is 59.5 Å². The molecule has 1 saturated heterocycles. The van der Waals surface area contributed by atoms with Crippen molar-refractivity contribution in [1.82, 2.24) is 4.90 Å². The molecule has 0 spiro atoms. The molecule has 3 rings (SSSR count). The summed E-state index contributed by atoms with van der Waals surface area (Å²) in [5.41, 5.74) is 1.17. The van der Waals surface area contributed by atoms with Crippen LogP contribution in [-0.4, -0.2) is 26.2 Å². The molecule has 1 atom stereocenters. The number of amides is 1. The molecule has 0 aromatic heterocycles. The molecule has 1 N–H and O–H groups in total. The standard InChI is InChI=1S/C18H12ClNO3S2/c19-13-9-5-4-8-12(13)10-14-16(21)20(18(24)25-14)15(17(22)23)11-6-2-1-3-7-11/h1-10,15H,(H,22,23). The van der Waals surface area contributed by atoms with Crippen LogP contribution in [-0.2, 0) is 9.59 Å². The lowest BCUT2D eigenvalue weighted by molar-refractivity contribution is -0.145. The molecule has 0 radical (unpaired) electrons. The maximum Gasteiger partial charge on any atom is 0.331 e. The van der Waals surface area contributed by atoms with E-state index < -0.39 is 17.9 Å². The van der Waals surface area contributed by atoms with Crippen LogP contribution < -0.4 is 0 Å². The van der Waals surface area contributed by atoms with Gasteiger partial charge in [-0.15, -0.1) is 0 Å². The number of thioether (sulfide) groups is 1. The Bertz CT molecular complexity index is 883. The molecule has 0 saturated carbocycles. The van der Waals surface area contributed by atoms with E-state index in [1.165, 1.54) is 0 Å². The van der Waals surface area contributed by atoms with Crippen LogP contribution in [0.4, 0.5) is 0 Å². The molecule has 1 amide bonds. The van der Waals surface area contributed by atoms with Gasteiger partial charge in [0.05, 0.1) is 4.91 Å². The number of carboxylic acid groups (broad SMARTS) is 1. The smallest absolute Gasteiger partial charge is 0.331 e. The summed E-state index contributed by atoms with van der Waals surface area (Å²) in [7, 11) is 0. The molecule has 0 bridgehead atoms. The number of nitrogens with zero attached hydrogens (tertiary/aromatic N) is 1. The van der Waals surface area contributed by atoms with Gasteiger partial charge in [-0.05, 0) is 23.3 Å². The Morgan fingerprint density at radius 2 is 1.80 bits per heavy atom. The van der Waals surface area contributed by atoms with Gasteiger partial charge in [0.1, 0.15) is 4.32 Å². The zero-order chi connectivity index (χ0) is 18.0. The van der Waals surface area contributed by atoms with Crippen molar-refractivity contribution in [3.05, 3.63) is 75.7 Å². The Morgan fingerprint density at radius 3 is 2.44 bits per heavy atom. The number of rotatable bonds is 4. The van der Waals surface area contributed by atoms with Crippen LogP contribution in [0.25, 0.3) is 6.08 Å². The molecule has 1 aliphatic heterocycles. The minimum atomic E-state index is -1.16. The Kier molecular flexibility index (Phi) is 5.22. The highest BCUT2D eigenvalue weighted by molar-refractivity contribution is 8.26. The van der Waals surface area contributed by atoms with Crippen LogP contribution in [0.5, 0.6) is 0 Å². The fraction of sp³-hybridized carbons (Fsp3) is 0.0556. The van der Waals surface area contributed by atoms with Gasteiger partial charge in [-0.3, -0.25) is 9.69 Å². The van der Waals surface area contributed by atoms with Gasteiger partial charge in [0, 0.05) is 5.02 Å². The number of thiocarbonyl (C=S) groups is 1. The summed E-state index contributed by atoms with van der Waals surface area (Å²) in [5, 5.41) is 10.1. The monoisotopic (exact) mass is 389 g/mol. The summed E-state index contributed by atoms with van der Waals surface area (Å²) in [6.45, 7) is 0. The Morgan fingerprint density at radius 1 is 1.16 bits per heavy atom. The Hall–Kier alpha value is -2.15. The van der Waals surface area contributed by atoms with Gasteiger partial charge in [-0.25, -0.2) is 4.79 Å². The van der Waals surface area contributed by atoms with E-state index in [0.717, 1.165) is 16.7 Å². The molecule has 1 heterocycles. The van der Waals surface area contributed by atoms with Crippen molar-refractivity contribution in [2.45, 2.75) is 6.04 Å². The number of carbonyl (C=O) groups excluding carboxylic acids is 1. The highest BCUT2D eigenvalue weighted by Crippen LogP contribution is 2.38. The van der Waals surface area contributed by atoms with E-state index in [2.05, 4.69) is 0 Å². The van der Waals surface area contributed by atoms with Gasteiger partial charge in [0.2, 0.25) is 0 Å². The third-order valence-electron chi connectivity index (χ3n) is 3.62. The van der Waals surface area contributed by atoms with Crippen molar-refractivity contribution in [1.29, 1.82) is 0 Å². The molecular formula is C18H12ClNO3S2.